The Morgan fingerprint density at radius 1 is 1.07 bits per heavy atom. The van der Waals surface area contributed by atoms with Gasteiger partial charge in [-0.2, -0.15) is 5.26 Å². The molecule has 202 valence electrons. The zero-order valence-electron chi connectivity index (χ0n) is 22.2. The molecule has 9 heteroatoms. The average Bonchev–Trinajstić information content (AvgIpc) is 3.79. The molecule has 5 heterocycles. The Kier molecular flexibility index (Phi) is 6.45. The highest BCUT2D eigenvalue weighted by Crippen LogP contribution is 2.37. The van der Waals surface area contributed by atoms with Crippen LogP contribution in [0.1, 0.15) is 40.4 Å². The molecule has 0 saturated carbocycles. The van der Waals surface area contributed by atoms with Crippen LogP contribution in [0.5, 0.6) is 0 Å². The van der Waals surface area contributed by atoms with Gasteiger partial charge in [0.2, 0.25) is 0 Å². The largest absolute Gasteiger partial charge is 0.348 e. The summed E-state index contributed by atoms with van der Waals surface area (Å²) in [5, 5.41) is 17.6. The molecule has 1 aliphatic rings. The number of carbonyl (C=O) groups excluding carboxylic acids is 1. The van der Waals surface area contributed by atoms with Gasteiger partial charge in [-0.15, -0.1) is 11.3 Å². The van der Waals surface area contributed by atoms with E-state index in [-0.39, 0.29) is 5.91 Å². The molecule has 1 fully saturated rings. The van der Waals surface area contributed by atoms with E-state index < -0.39 is 0 Å². The minimum Gasteiger partial charge on any atom is -0.348 e. The second-order valence-electron chi connectivity index (χ2n) is 10.3. The maximum atomic E-state index is 13.0. The van der Waals surface area contributed by atoms with Crippen molar-refractivity contribution in [1.82, 2.24) is 24.8 Å². The Balaban J connectivity index is 1.20. The molecule has 1 amide bonds. The smallest absolute Gasteiger partial charge is 0.253 e. The Bertz CT molecular complexity index is 1910. The van der Waals surface area contributed by atoms with Crippen LogP contribution in [-0.2, 0) is 6.54 Å². The average molecular weight is 558 g/mol. The summed E-state index contributed by atoms with van der Waals surface area (Å²) in [5.41, 5.74) is 6.24. The molecule has 0 unspecified atom stereocenters. The number of fused-ring (bicyclic) bond motifs is 2. The van der Waals surface area contributed by atoms with Crippen molar-refractivity contribution in [2.24, 2.45) is 0 Å². The molecule has 1 saturated heterocycles. The molecular formula is C32H27N7OS. The van der Waals surface area contributed by atoms with Gasteiger partial charge in [-0.25, -0.2) is 9.97 Å². The zero-order chi connectivity index (χ0) is 27.8. The third-order valence-corrected chi connectivity index (χ3v) is 8.73. The molecule has 2 N–H and O–H groups in total. The number of H-pyrrole nitrogens is 1. The van der Waals surface area contributed by atoms with Gasteiger partial charge in [0.1, 0.15) is 5.65 Å². The lowest BCUT2D eigenvalue weighted by Crippen LogP contribution is -2.34. The van der Waals surface area contributed by atoms with Gasteiger partial charge in [0.15, 0.2) is 5.13 Å². The number of aromatic nitrogens is 4. The van der Waals surface area contributed by atoms with Crippen molar-refractivity contribution >= 4 is 44.3 Å². The summed E-state index contributed by atoms with van der Waals surface area (Å²) in [6.45, 7) is 2.31. The molecule has 0 bridgehead atoms. The number of amides is 1. The van der Waals surface area contributed by atoms with Crippen molar-refractivity contribution in [2.45, 2.75) is 25.4 Å². The molecule has 0 atom stereocenters. The number of anilines is 1. The van der Waals surface area contributed by atoms with E-state index in [9.17, 15) is 10.1 Å². The second-order valence-corrected chi connectivity index (χ2v) is 11.2. The quantitative estimate of drug-likeness (QED) is 0.251. The number of benzene rings is 2. The number of piperidine rings is 1. The van der Waals surface area contributed by atoms with Crippen molar-refractivity contribution in [2.75, 3.05) is 18.0 Å². The maximum Gasteiger partial charge on any atom is 0.253 e. The molecule has 8 nitrogen and oxygen atoms in total. The molecule has 7 rings (SSSR count). The number of aromatic amines is 1. The van der Waals surface area contributed by atoms with Gasteiger partial charge in [-0.05, 0) is 54.3 Å². The van der Waals surface area contributed by atoms with E-state index in [0.717, 1.165) is 64.0 Å². The number of nitrogens with zero attached hydrogens (tertiary/aromatic N) is 5. The monoisotopic (exact) mass is 557 g/mol. The Hall–Kier alpha value is -4.94. The van der Waals surface area contributed by atoms with E-state index in [4.69, 9.17) is 0 Å². The summed E-state index contributed by atoms with van der Waals surface area (Å²) in [6, 6.07) is 20.5. The van der Waals surface area contributed by atoms with Gasteiger partial charge in [-0.3, -0.25) is 4.79 Å². The number of rotatable bonds is 6. The first-order valence-corrected chi connectivity index (χ1v) is 14.5. The predicted molar refractivity (Wildman–Crippen MR) is 162 cm³/mol. The molecule has 0 radical (unpaired) electrons. The Labute approximate surface area is 240 Å². The molecule has 0 aliphatic carbocycles. The third kappa shape index (κ3) is 4.72. The van der Waals surface area contributed by atoms with Crippen LogP contribution in [0, 0.1) is 11.3 Å². The van der Waals surface area contributed by atoms with E-state index in [2.05, 4.69) is 66.3 Å². The van der Waals surface area contributed by atoms with Gasteiger partial charge in [0.05, 0.1) is 17.2 Å². The summed E-state index contributed by atoms with van der Waals surface area (Å²) in [4.78, 5) is 27.3. The van der Waals surface area contributed by atoms with E-state index in [1.165, 1.54) is 0 Å². The number of pyridine rings is 1. The zero-order valence-corrected chi connectivity index (χ0v) is 23.1. The van der Waals surface area contributed by atoms with E-state index in [0.29, 0.717) is 29.4 Å². The molecule has 41 heavy (non-hydrogen) atoms. The highest BCUT2D eigenvalue weighted by atomic mass is 32.1. The third-order valence-electron chi connectivity index (χ3n) is 7.90. The fourth-order valence-electron chi connectivity index (χ4n) is 5.82. The molecule has 0 spiro atoms. The molecule has 6 aromatic rings. The van der Waals surface area contributed by atoms with Crippen LogP contribution in [0.4, 0.5) is 5.13 Å². The van der Waals surface area contributed by atoms with Crippen molar-refractivity contribution in [1.29, 1.82) is 5.26 Å². The first kappa shape index (κ1) is 25.1. The summed E-state index contributed by atoms with van der Waals surface area (Å²) in [5.74, 6) is -0.136. The first-order valence-electron chi connectivity index (χ1n) is 13.7. The number of carbonyl (C=O) groups is 1. The van der Waals surface area contributed by atoms with Crippen LogP contribution in [0.3, 0.4) is 0 Å². The highest BCUT2D eigenvalue weighted by molar-refractivity contribution is 7.13. The first-order chi connectivity index (χ1) is 20.2. The number of nitrogens with one attached hydrogen (secondary N) is 2. The van der Waals surface area contributed by atoms with E-state index in [1.54, 1.807) is 23.7 Å². The lowest BCUT2D eigenvalue weighted by Gasteiger charge is -2.33. The van der Waals surface area contributed by atoms with Crippen molar-refractivity contribution < 1.29 is 4.79 Å². The summed E-state index contributed by atoms with van der Waals surface area (Å²) in [6.07, 6.45) is 9.54. The van der Waals surface area contributed by atoms with Crippen LogP contribution < -0.4 is 10.2 Å². The van der Waals surface area contributed by atoms with E-state index >= 15 is 0 Å². The number of nitriles is 1. The van der Waals surface area contributed by atoms with Gasteiger partial charge >= 0.3 is 0 Å². The van der Waals surface area contributed by atoms with Crippen LogP contribution in [-0.4, -0.2) is 38.5 Å². The topological polar surface area (TPSA) is 103 Å². The highest BCUT2D eigenvalue weighted by Gasteiger charge is 2.24. The second kappa shape index (κ2) is 10.6. The summed E-state index contributed by atoms with van der Waals surface area (Å²) >= 11 is 1.68. The number of hydrogen-bond donors (Lipinski definition) is 2. The molecule has 2 aromatic carbocycles. The Morgan fingerprint density at radius 3 is 2.80 bits per heavy atom. The fourth-order valence-corrected chi connectivity index (χ4v) is 6.52. The normalized spacial score (nSPS) is 14.0. The predicted octanol–water partition coefficient (Wildman–Crippen LogP) is 6.28. The standard InChI is InChI=1S/C32H27N7OS/c33-17-21-3-1-4-23(15-21)28-20-39(24-8-12-38(13-9-24)32-35-11-14-41-32)29-16-22(6-7-25(28)29)18-37-31(40)27-19-36-30-26(27)5-2-10-34-30/h1-7,10-11,14-16,19-20,24H,8-9,12-13,18H2,(H,34,36)(H,37,40). The number of hydrogen-bond acceptors (Lipinski definition) is 6. The summed E-state index contributed by atoms with van der Waals surface area (Å²) < 4.78 is 2.40. The van der Waals surface area contributed by atoms with Gasteiger partial charge < -0.3 is 19.8 Å². The van der Waals surface area contributed by atoms with E-state index in [1.807, 2.05) is 41.9 Å². The van der Waals surface area contributed by atoms with Crippen LogP contribution in [0.15, 0.2) is 84.8 Å². The minimum atomic E-state index is -0.136. The molecule has 1 aliphatic heterocycles. The molecule has 4 aromatic heterocycles. The van der Waals surface area contributed by atoms with Crippen LogP contribution >= 0.6 is 11.3 Å². The number of thiazole rings is 1. The lowest BCUT2D eigenvalue weighted by atomic mass is 10.0. The van der Waals surface area contributed by atoms with Gasteiger partial charge in [0.25, 0.3) is 5.91 Å². The SMILES string of the molecule is N#Cc1cccc(-c2cn(C3CCN(c4nccs4)CC3)c3cc(CNC(=O)c4c[nH]c5ncccc45)ccc23)c1. The van der Waals surface area contributed by atoms with Crippen LogP contribution in [0.25, 0.3) is 33.1 Å². The Morgan fingerprint density at radius 2 is 1.98 bits per heavy atom. The van der Waals surface area contributed by atoms with Crippen molar-refractivity contribution in [3.63, 3.8) is 0 Å². The maximum absolute atomic E-state index is 13.0. The van der Waals surface area contributed by atoms with Gasteiger partial charge in [-0.1, -0.05) is 24.3 Å². The van der Waals surface area contributed by atoms with Gasteiger partial charge in [0, 0.05) is 77.7 Å². The molecular weight excluding hydrogens is 530 g/mol. The van der Waals surface area contributed by atoms with Crippen molar-refractivity contribution in [3.05, 3.63) is 101 Å². The lowest BCUT2D eigenvalue weighted by molar-refractivity contribution is 0.0952. The minimum absolute atomic E-state index is 0.136. The fraction of sp³-hybridized carbons (Fsp3) is 0.188. The van der Waals surface area contributed by atoms with Crippen molar-refractivity contribution in [3.8, 4) is 17.2 Å². The summed E-state index contributed by atoms with van der Waals surface area (Å²) in [7, 11) is 0. The van der Waals surface area contributed by atoms with Crippen LogP contribution in [0.2, 0.25) is 0 Å².